The van der Waals surface area contributed by atoms with E-state index < -0.39 is 0 Å². The highest BCUT2D eigenvalue weighted by atomic mass is 79.9. The van der Waals surface area contributed by atoms with Crippen LogP contribution in [0.15, 0.2) is 65.7 Å². The minimum absolute atomic E-state index is 0.0447. The summed E-state index contributed by atoms with van der Waals surface area (Å²) in [5.74, 6) is -0.0447. The third-order valence-electron chi connectivity index (χ3n) is 4.22. The number of amides is 1. The average Bonchev–Trinajstić information content (AvgIpc) is 3.15. The molecule has 0 aliphatic rings. The molecule has 0 saturated heterocycles. The number of carbonyl (C=O) groups is 1. The Morgan fingerprint density at radius 3 is 2.69 bits per heavy atom. The van der Waals surface area contributed by atoms with E-state index in [1.807, 2.05) is 60.5 Å². The van der Waals surface area contributed by atoms with E-state index in [-0.39, 0.29) is 11.9 Å². The molecule has 1 heterocycles. The molecular weight excluding hydrogens is 394 g/mol. The van der Waals surface area contributed by atoms with E-state index >= 15 is 0 Å². The number of benzene rings is 2. The Bertz CT molecular complexity index is 864. The molecule has 0 fully saturated rings. The SMILES string of the molecule is CC(c1ccc(-n2cncn2)cc1)N(C)CC(=O)Nc1cccc(Br)c1. The van der Waals surface area contributed by atoms with Gasteiger partial charge in [-0.2, -0.15) is 5.10 Å². The van der Waals surface area contributed by atoms with Gasteiger partial charge in [0.15, 0.2) is 0 Å². The van der Waals surface area contributed by atoms with Crippen LogP contribution in [0.1, 0.15) is 18.5 Å². The van der Waals surface area contributed by atoms with Crippen molar-refractivity contribution < 1.29 is 4.79 Å². The third-order valence-corrected chi connectivity index (χ3v) is 4.71. The number of hydrogen-bond acceptors (Lipinski definition) is 4. The second-order valence-corrected chi connectivity index (χ2v) is 7.00. The Hall–Kier alpha value is -2.51. The largest absolute Gasteiger partial charge is 0.325 e. The number of likely N-dealkylation sites (N-methyl/N-ethyl adjacent to an activating group) is 1. The molecule has 3 aromatic rings. The topological polar surface area (TPSA) is 63.1 Å². The number of nitrogens with zero attached hydrogens (tertiary/aromatic N) is 4. The zero-order chi connectivity index (χ0) is 18.5. The molecule has 26 heavy (non-hydrogen) atoms. The van der Waals surface area contributed by atoms with Gasteiger partial charge >= 0.3 is 0 Å². The van der Waals surface area contributed by atoms with Crippen molar-refractivity contribution in [3.63, 3.8) is 0 Å². The molecule has 1 atom stereocenters. The fourth-order valence-corrected chi connectivity index (χ4v) is 3.03. The number of nitrogens with one attached hydrogen (secondary N) is 1. The molecule has 0 radical (unpaired) electrons. The Balaban J connectivity index is 1.60. The standard InChI is InChI=1S/C19H20BrN5O/c1-14(15-6-8-18(9-7-15)25-13-21-12-22-25)24(2)11-19(26)23-17-5-3-4-16(20)10-17/h3-10,12-14H,11H2,1-2H3,(H,23,26). The van der Waals surface area contributed by atoms with Crippen molar-refractivity contribution in [2.24, 2.45) is 0 Å². The van der Waals surface area contributed by atoms with Gasteiger partial charge in [0.1, 0.15) is 12.7 Å². The predicted molar refractivity (Wildman–Crippen MR) is 105 cm³/mol. The van der Waals surface area contributed by atoms with Gasteiger partial charge < -0.3 is 5.32 Å². The van der Waals surface area contributed by atoms with Gasteiger partial charge in [-0.25, -0.2) is 9.67 Å². The van der Waals surface area contributed by atoms with Crippen molar-refractivity contribution >= 4 is 27.5 Å². The van der Waals surface area contributed by atoms with Crippen LogP contribution in [0.4, 0.5) is 5.69 Å². The maximum atomic E-state index is 12.3. The van der Waals surface area contributed by atoms with E-state index in [9.17, 15) is 4.79 Å². The van der Waals surface area contributed by atoms with Crippen LogP contribution in [0, 0.1) is 0 Å². The van der Waals surface area contributed by atoms with Crippen LogP contribution in [0.2, 0.25) is 0 Å². The van der Waals surface area contributed by atoms with Gasteiger partial charge in [-0.05, 0) is 49.9 Å². The van der Waals surface area contributed by atoms with Crippen molar-refractivity contribution in [2.45, 2.75) is 13.0 Å². The first-order chi connectivity index (χ1) is 12.5. The molecule has 2 aromatic carbocycles. The lowest BCUT2D eigenvalue weighted by Gasteiger charge is -2.24. The minimum Gasteiger partial charge on any atom is -0.325 e. The first-order valence-corrected chi connectivity index (χ1v) is 9.03. The number of hydrogen-bond donors (Lipinski definition) is 1. The van der Waals surface area contributed by atoms with Gasteiger partial charge in [0, 0.05) is 16.2 Å². The number of rotatable bonds is 6. The minimum atomic E-state index is -0.0447. The monoisotopic (exact) mass is 413 g/mol. The fourth-order valence-electron chi connectivity index (χ4n) is 2.63. The molecule has 7 heteroatoms. The van der Waals surface area contributed by atoms with E-state index in [0.29, 0.717) is 6.54 Å². The Labute approximate surface area is 161 Å². The molecule has 0 spiro atoms. The molecular formula is C19H20BrN5O. The van der Waals surface area contributed by atoms with Gasteiger partial charge in [0.2, 0.25) is 5.91 Å². The number of halogens is 1. The Morgan fingerprint density at radius 1 is 1.27 bits per heavy atom. The zero-order valence-corrected chi connectivity index (χ0v) is 16.2. The number of anilines is 1. The summed E-state index contributed by atoms with van der Waals surface area (Å²) < 4.78 is 2.65. The summed E-state index contributed by atoms with van der Waals surface area (Å²) in [7, 11) is 1.94. The smallest absolute Gasteiger partial charge is 0.238 e. The quantitative estimate of drug-likeness (QED) is 0.669. The van der Waals surface area contributed by atoms with Crippen LogP contribution < -0.4 is 5.32 Å². The lowest BCUT2D eigenvalue weighted by atomic mass is 10.1. The van der Waals surface area contributed by atoms with Gasteiger partial charge in [0.25, 0.3) is 0 Å². The van der Waals surface area contributed by atoms with E-state index in [1.165, 1.54) is 6.33 Å². The molecule has 0 bridgehead atoms. The van der Waals surface area contributed by atoms with Gasteiger partial charge in [-0.15, -0.1) is 0 Å². The Kier molecular flexibility index (Phi) is 5.80. The zero-order valence-electron chi connectivity index (χ0n) is 14.6. The maximum absolute atomic E-state index is 12.3. The molecule has 1 aromatic heterocycles. The molecule has 1 N–H and O–H groups in total. The molecule has 134 valence electrons. The van der Waals surface area contributed by atoms with Crippen molar-refractivity contribution in [3.05, 3.63) is 71.2 Å². The predicted octanol–water partition coefficient (Wildman–Crippen LogP) is 3.66. The maximum Gasteiger partial charge on any atom is 0.238 e. The fraction of sp³-hybridized carbons (Fsp3) is 0.211. The molecule has 6 nitrogen and oxygen atoms in total. The van der Waals surface area contributed by atoms with Gasteiger partial charge in [0.05, 0.1) is 12.2 Å². The summed E-state index contributed by atoms with van der Waals surface area (Å²) in [6.07, 6.45) is 3.17. The van der Waals surface area contributed by atoms with E-state index in [2.05, 4.69) is 38.3 Å². The molecule has 1 unspecified atom stereocenters. The summed E-state index contributed by atoms with van der Waals surface area (Å²) in [5, 5.41) is 7.04. The molecule has 0 aliphatic heterocycles. The molecule has 1 amide bonds. The second kappa shape index (κ2) is 8.25. The summed E-state index contributed by atoms with van der Waals surface area (Å²) >= 11 is 3.40. The first-order valence-electron chi connectivity index (χ1n) is 8.23. The van der Waals surface area contributed by atoms with Crippen LogP contribution in [-0.4, -0.2) is 39.2 Å². The van der Waals surface area contributed by atoms with Crippen molar-refractivity contribution in [2.75, 3.05) is 18.9 Å². The normalized spacial score (nSPS) is 12.2. The third kappa shape index (κ3) is 4.56. The first kappa shape index (κ1) is 18.3. The Morgan fingerprint density at radius 2 is 2.04 bits per heavy atom. The van der Waals surface area contributed by atoms with E-state index in [1.54, 1.807) is 11.0 Å². The summed E-state index contributed by atoms with van der Waals surface area (Å²) in [4.78, 5) is 18.3. The highest BCUT2D eigenvalue weighted by molar-refractivity contribution is 9.10. The van der Waals surface area contributed by atoms with Crippen molar-refractivity contribution in [1.29, 1.82) is 0 Å². The van der Waals surface area contributed by atoms with E-state index in [4.69, 9.17) is 0 Å². The van der Waals surface area contributed by atoms with Crippen LogP contribution in [0.3, 0.4) is 0 Å². The van der Waals surface area contributed by atoms with Crippen LogP contribution in [-0.2, 0) is 4.79 Å². The summed E-state index contributed by atoms with van der Waals surface area (Å²) in [6, 6.07) is 15.8. The van der Waals surface area contributed by atoms with Crippen LogP contribution in [0.25, 0.3) is 5.69 Å². The highest BCUT2D eigenvalue weighted by Crippen LogP contribution is 2.20. The number of aromatic nitrogens is 3. The lowest BCUT2D eigenvalue weighted by molar-refractivity contribution is -0.117. The average molecular weight is 414 g/mol. The molecule has 3 rings (SSSR count). The second-order valence-electron chi connectivity index (χ2n) is 6.08. The van der Waals surface area contributed by atoms with Gasteiger partial charge in [-0.1, -0.05) is 34.1 Å². The molecule has 0 aliphatic carbocycles. The van der Waals surface area contributed by atoms with Gasteiger partial charge in [-0.3, -0.25) is 9.69 Å². The summed E-state index contributed by atoms with van der Waals surface area (Å²) in [5.41, 5.74) is 2.86. The van der Waals surface area contributed by atoms with Crippen molar-refractivity contribution in [1.82, 2.24) is 19.7 Å². The highest BCUT2D eigenvalue weighted by Gasteiger charge is 2.15. The van der Waals surface area contributed by atoms with E-state index in [0.717, 1.165) is 21.4 Å². The van der Waals surface area contributed by atoms with Crippen molar-refractivity contribution in [3.8, 4) is 5.69 Å². The number of carbonyl (C=O) groups excluding carboxylic acids is 1. The molecule has 0 saturated carbocycles. The van der Waals surface area contributed by atoms with Crippen LogP contribution >= 0.6 is 15.9 Å². The summed E-state index contributed by atoms with van der Waals surface area (Å²) in [6.45, 7) is 2.38. The van der Waals surface area contributed by atoms with Crippen LogP contribution in [0.5, 0.6) is 0 Å². The lowest BCUT2D eigenvalue weighted by Crippen LogP contribution is -2.32.